The maximum atomic E-state index is 12.3. The largest absolute Gasteiger partial charge is 0.497 e. The molecule has 2 aromatic carbocycles. The van der Waals surface area contributed by atoms with Crippen molar-refractivity contribution in [2.75, 3.05) is 19.0 Å². The lowest BCUT2D eigenvalue weighted by Crippen LogP contribution is -2.28. The number of rotatable bonds is 7. The Hall–Kier alpha value is -2.64. The number of hydrogen-bond donors (Lipinski definition) is 1. The molecule has 2 amide bonds. The molecule has 0 aromatic heterocycles. The number of thioether (sulfide) groups is 1. The lowest BCUT2D eigenvalue weighted by atomic mass is 10.2. The number of carbonyl (C=O) groups is 2. The molecule has 144 valence electrons. The average molecular weight is 413 g/mol. The van der Waals surface area contributed by atoms with Crippen LogP contribution in [0.25, 0.3) is 6.08 Å². The topological polar surface area (TPSA) is 58.6 Å². The number of thiocarbonyl (C=S) groups is 1. The fourth-order valence-electron chi connectivity index (χ4n) is 2.69. The summed E-state index contributed by atoms with van der Waals surface area (Å²) in [4.78, 5) is 27.1. The lowest BCUT2D eigenvalue weighted by molar-refractivity contribution is -0.116. The highest BCUT2D eigenvalue weighted by Crippen LogP contribution is 2.33. The maximum Gasteiger partial charge on any atom is 0.291 e. The van der Waals surface area contributed by atoms with Crippen LogP contribution < -0.4 is 10.1 Å². The highest BCUT2D eigenvalue weighted by molar-refractivity contribution is 8.19. The number of ether oxygens (including phenoxy) is 1. The second-order valence-electron chi connectivity index (χ2n) is 6.12. The summed E-state index contributed by atoms with van der Waals surface area (Å²) in [5.41, 5.74) is 1.71. The van der Waals surface area contributed by atoms with Crippen LogP contribution in [0.4, 0.5) is 10.5 Å². The molecule has 0 radical (unpaired) electrons. The van der Waals surface area contributed by atoms with E-state index in [1.54, 1.807) is 12.0 Å². The highest BCUT2D eigenvalue weighted by Gasteiger charge is 2.31. The predicted molar refractivity (Wildman–Crippen MR) is 118 cm³/mol. The molecule has 1 aliphatic heterocycles. The third kappa shape index (κ3) is 5.21. The van der Waals surface area contributed by atoms with Crippen molar-refractivity contribution < 1.29 is 14.3 Å². The van der Waals surface area contributed by atoms with Gasteiger partial charge in [-0.25, -0.2) is 0 Å². The molecule has 0 aliphatic carbocycles. The van der Waals surface area contributed by atoms with Crippen molar-refractivity contribution in [1.82, 2.24) is 4.90 Å². The fraction of sp³-hybridized carbons (Fsp3) is 0.190. The summed E-state index contributed by atoms with van der Waals surface area (Å²) in [6, 6.07) is 16.8. The fourth-order valence-corrected chi connectivity index (χ4v) is 3.98. The Morgan fingerprint density at radius 2 is 1.89 bits per heavy atom. The van der Waals surface area contributed by atoms with E-state index in [4.69, 9.17) is 17.0 Å². The van der Waals surface area contributed by atoms with Crippen LogP contribution in [0, 0.1) is 0 Å². The summed E-state index contributed by atoms with van der Waals surface area (Å²) in [5.74, 6) is 0.695. The first-order chi connectivity index (χ1) is 13.6. The number of carbonyl (C=O) groups excluding carboxylic acids is 2. The van der Waals surface area contributed by atoms with Gasteiger partial charge in [-0.3, -0.25) is 14.5 Å². The van der Waals surface area contributed by atoms with E-state index >= 15 is 0 Å². The van der Waals surface area contributed by atoms with Crippen molar-refractivity contribution in [2.24, 2.45) is 0 Å². The highest BCUT2D eigenvalue weighted by atomic mass is 32.2. The molecule has 0 bridgehead atoms. The quantitative estimate of drug-likeness (QED) is 0.515. The number of anilines is 1. The first-order valence-electron chi connectivity index (χ1n) is 8.81. The van der Waals surface area contributed by atoms with Crippen LogP contribution in [0.3, 0.4) is 0 Å². The molecule has 2 aromatic rings. The van der Waals surface area contributed by atoms with E-state index in [0.29, 0.717) is 24.4 Å². The molecule has 28 heavy (non-hydrogen) atoms. The normalized spacial score (nSPS) is 15.2. The molecule has 5 nitrogen and oxygen atoms in total. The third-order valence-corrected chi connectivity index (χ3v) is 5.63. The van der Waals surface area contributed by atoms with Crippen molar-refractivity contribution in [3.05, 3.63) is 65.1 Å². The minimum Gasteiger partial charge on any atom is -0.497 e. The van der Waals surface area contributed by atoms with Crippen molar-refractivity contribution in [3.63, 3.8) is 0 Å². The van der Waals surface area contributed by atoms with Gasteiger partial charge in [-0.05, 0) is 54.1 Å². The molecule has 1 saturated heterocycles. The van der Waals surface area contributed by atoms with E-state index in [1.807, 2.05) is 60.7 Å². The van der Waals surface area contributed by atoms with Gasteiger partial charge in [-0.1, -0.05) is 42.5 Å². The van der Waals surface area contributed by atoms with Gasteiger partial charge in [0.1, 0.15) is 10.7 Å². The van der Waals surface area contributed by atoms with Crippen LogP contribution in [0.15, 0.2) is 59.5 Å². The maximum absolute atomic E-state index is 12.3. The Labute approximate surface area is 173 Å². The average Bonchev–Trinajstić information content (AvgIpc) is 2.96. The van der Waals surface area contributed by atoms with Gasteiger partial charge >= 0.3 is 0 Å². The summed E-state index contributed by atoms with van der Waals surface area (Å²) in [7, 11) is 1.62. The summed E-state index contributed by atoms with van der Waals surface area (Å²) in [6.07, 6.45) is 2.76. The van der Waals surface area contributed by atoms with Gasteiger partial charge in [0, 0.05) is 18.7 Å². The van der Waals surface area contributed by atoms with Gasteiger partial charge in [-0.2, -0.15) is 0 Å². The minimum atomic E-state index is -0.103. The van der Waals surface area contributed by atoms with Crippen LogP contribution in [0.5, 0.6) is 5.75 Å². The Balaban J connectivity index is 1.53. The van der Waals surface area contributed by atoms with Crippen LogP contribution >= 0.6 is 24.0 Å². The molecule has 0 unspecified atom stereocenters. The third-order valence-electron chi connectivity index (χ3n) is 4.13. The molecular formula is C21H20N2O3S2. The van der Waals surface area contributed by atoms with Gasteiger partial charge in [0.2, 0.25) is 5.91 Å². The van der Waals surface area contributed by atoms with Gasteiger partial charge in [0.05, 0.1) is 12.0 Å². The van der Waals surface area contributed by atoms with E-state index < -0.39 is 0 Å². The van der Waals surface area contributed by atoms with Crippen LogP contribution in [0.1, 0.15) is 18.4 Å². The van der Waals surface area contributed by atoms with Crippen molar-refractivity contribution in [1.29, 1.82) is 0 Å². The first-order valence-corrected chi connectivity index (χ1v) is 10.0. The van der Waals surface area contributed by atoms with Gasteiger partial charge < -0.3 is 10.1 Å². The summed E-state index contributed by atoms with van der Waals surface area (Å²) >= 11 is 6.58. The molecule has 0 saturated carbocycles. The van der Waals surface area contributed by atoms with Crippen molar-refractivity contribution in [2.45, 2.75) is 12.8 Å². The molecule has 7 heteroatoms. The van der Waals surface area contributed by atoms with E-state index in [0.717, 1.165) is 33.7 Å². The Kier molecular flexibility index (Phi) is 6.84. The van der Waals surface area contributed by atoms with Gasteiger partial charge in [-0.15, -0.1) is 0 Å². The zero-order chi connectivity index (χ0) is 19.9. The van der Waals surface area contributed by atoms with E-state index in [-0.39, 0.29) is 11.1 Å². The standard InChI is InChI=1S/C21H20N2O3S2/c1-26-17-11-9-15(10-12-17)14-18-20(27)23(21(25)28-18)13-5-8-19(24)22-16-6-3-2-4-7-16/h2-4,6-7,9-12,14H,5,8,13H2,1H3,(H,22,24). The van der Waals surface area contributed by atoms with E-state index in [2.05, 4.69) is 5.32 Å². The molecule has 1 heterocycles. The van der Waals surface area contributed by atoms with Crippen molar-refractivity contribution in [3.8, 4) is 5.75 Å². The Morgan fingerprint density at radius 3 is 2.57 bits per heavy atom. The molecule has 0 spiro atoms. The Bertz CT molecular complexity index is 896. The molecule has 0 atom stereocenters. The zero-order valence-corrected chi connectivity index (χ0v) is 17.0. The molecular weight excluding hydrogens is 392 g/mol. The van der Waals surface area contributed by atoms with Crippen LogP contribution in [-0.4, -0.2) is 34.7 Å². The number of hydrogen-bond acceptors (Lipinski definition) is 5. The first kappa shape index (κ1) is 20.1. The zero-order valence-electron chi connectivity index (χ0n) is 15.4. The SMILES string of the molecule is COc1ccc(C=C2SC(=O)N(CCCC(=O)Nc3ccccc3)C2=S)cc1. The number of amides is 2. The molecule has 1 aliphatic rings. The molecule has 1 N–H and O–H groups in total. The number of benzene rings is 2. The van der Waals surface area contributed by atoms with Gasteiger partial charge in [0.25, 0.3) is 5.24 Å². The summed E-state index contributed by atoms with van der Waals surface area (Å²) in [5, 5.41) is 2.73. The molecule has 1 fully saturated rings. The second-order valence-corrected chi connectivity index (χ2v) is 7.50. The van der Waals surface area contributed by atoms with Crippen LogP contribution in [-0.2, 0) is 4.79 Å². The number of methoxy groups -OCH3 is 1. The second kappa shape index (κ2) is 9.52. The lowest BCUT2D eigenvalue weighted by Gasteiger charge is -2.14. The number of nitrogens with zero attached hydrogens (tertiary/aromatic N) is 1. The summed E-state index contributed by atoms with van der Waals surface area (Å²) < 4.78 is 5.15. The van der Waals surface area contributed by atoms with Crippen molar-refractivity contribution >= 4 is 51.9 Å². The van der Waals surface area contributed by atoms with E-state index in [9.17, 15) is 9.59 Å². The van der Waals surface area contributed by atoms with Gasteiger partial charge in [0.15, 0.2) is 0 Å². The monoisotopic (exact) mass is 412 g/mol. The minimum absolute atomic E-state index is 0.0783. The molecule has 3 rings (SSSR count). The van der Waals surface area contributed by atoms with E-state index in [1.165, 1.54) is 0 Å². The number of nitrogens with one attached hydrogen (secondary N) is 1. The number of para-hydroxylation sites is 1. The predicted octanol–water partition coefficient (Wildman–Crippen LogP) is 4.95. The smallest absolute Gasteiger partial charge is 0.291 e. The Morgan fingerprint density at radius 1 is 1.18 bits per heavy atom. The summed E-state index contributed by atoms with van der Waals surface area (Å²) in [6.45, 7) is 0.423. The van der Waals surface area contributed by atoms with Crippen LogP contribution in [0.2, 0.25) is 0 Å².